The van der Waals surface area contributed by atoms with Crippen molar-refractivity contribution in [3.63, 3.8) is 0 Å². The van der Waals surface area contributed by atoms with Crippen LogP contribution in [0.4, 0.5) is 5.69 Å². The fourth-order valence-electron chi connectivity index (χ4n) is 2.45. The number of hydrogen-bond acceptors (Lipinski definition) is 2. The van der Waals surface area contributed by atoms with Gasteiger partial charge in [0.05, 0.1) is 11.3 Å². The normalized spacial score (nSPS) is 18.0. The number of benzene rings is 1. The van der Waals surface area contributed by atoms with Crippen LogP contribution in [0.3, 0.4) is 0 Å². The Hall–Kier alpha value is -1.03. The third-order valence-electron chi connectivity index (χ3n) is 3.37. The Labute approximate surface area is 109 Å². The summed E-state index contributed by atoms with van der Waals surface area (Å²) in [6.45, 7) is 2.16. The molecule has 0 amide bonds. The van der Waals surface area contributed by atoms with Gasteiger partial charge in [-0.05, 0) is 47.8 Å². The minimum atomic E-state index is -0.901. The van der Waals surface area contributed by atoms with Crippen LogP contribution in [0, 0.1) is 0 Å². The Balaban J connectivity index is 2.32. The van der Waals surface area contributed by atoms with E-state index in [2.05, 4.69) is 28.2 Å². The van der Waals surface area contributed by atoms with Crippen LogP contribution in [0.2, 0.25) is 0 Å². The number of rotatable bonds is 3. The lowest BCUT2D eigenvalue weighted by Gasteiger charge is -2.27. The molecule has 1 aliphatic carbocycles. The average molecular weight is 298 g/mol. The maximum atomic E-state index is 11.3. The van der Waals surface area contributed by atoms with Crippen molar-refractivity contribution < 1.29 is 9.90 Å². The summed E-state index contributed by atoms with van der Waals surface area (Å²) in [6, 6.07) is 5.45. The summed E-state index contributed by atoms with van der Waals surface area (Å²) < 4.78 is 0.622. The van der Waals surface area contributed by atoms with Crippen molar-refractivity contribution in [1.29, 1.82) is 0 Å². The van der Waals surface area contributed by atoms with E-state index in [4.69, 9.17) is 0 Å². The van der Waals surface area contributed by atoms with Crippen molar-refractivity contribution in [3.8, 4) is 0 Å². The number of anilines is 1. The predicted molar refractivity (Wildman–Crippen MR) is 71.6 cm³/mol. The molecule has 1 aromatic carbocycles. The highest BCUT2D eigenvalue weighted by Crippen LogP contribution is 2.35. The van der Waals surface area contributed by atoms with Gasteiger partial charge in [0.2, 0.25) is 0 Å². The Kier molecular flexibility index (Phi) is 3.43. The van der Waals surface area contributed by atoms with Gasteiger partial charge in [-0.3, -0.25) is 0 Å². The Morgan fingerprint density at radius 1 is 1.41 bits per heavy atom. The maximum absolute atomic E-state index is 11.3. The quantitative estimate of drug-likeness (QED) is 0.890. The molecule has 0 unspecified atom stereocenters. The minimum absolute atomic E-state index is 0.0327. The molecule has 2 N–H and O–H groups in total. The highest BCUT2D eigenvalue weighted by molar-refractivity contribution is 9.10. The zero-order valence-electron chi connectivity index (χ0n) is 9.79. The first-order valence-corrected chi connectivity index (χ1v) is 6.61. The topological polar surface area (TPSA) is 49.3 Å². The highest BCUT2D eigenvalue weighted by Gasteiger charge is 2.29. The third-order valence-corrected chi connectivity index (χ3v) is 4.03. The van der Waals surface area contributed by atoms with Crippen LogP contribution in [0.15, 0.2) is 22.7 Å². The number of carbonyl (C=O) groups is 1. The third kappa shape index (κ3) is 2.63. The van der Waals surface area contributed by atoms with E-state index in [9.17, 15) is 9.90 Å². The molecule has 0 spiro atoms. The summed E-state index contributed by atoms with van der Waals surface area (Å²) in [5.74, 6) is -0.901. The molecule has 1 saturated carbocycles. The number of hydrogen-bond donors (Lipinski definition) is 2. The minimum Gasteiger partial charge on any atom is -0.478 e. The molecule has 0 atom stereocenters. The summed E-state index contributed by atoms with van der Waals surface area (Å²) in [5.41, 5.74) is 1.06. The van der Waals surface area contributed by atoms with Crippen molar-refractivity contribution in [2.75, 3.05) is 5.32 Å². The molecular weight excluding hydrogens is 282 g/mol. The van der Waals surface area contributed by atoms with Crippen molar-refractivity contribution in [2.45, 2.75) is 38.1 Å². The predicted octanol–water partition coefficient (Wildman–Crippen LogP) is 3.89. The number of carboxylic acid groups (broad SMARTS) is 1. The molecule has 0 saturated heterocycles. The molecular formula is C13H16BrNO2. The van der Waals surface area contributed by atoms with Crippen LogP contribution >= 0.6 is 15.9 Å². The lowest BCUT2D eigenvalue weighted by atomic mass is 9.99. The highest BCUT2D eigenvalue weighted by atomic mass is 79.9. The van der Waals surface area contributed by atoms with E-state index >= 15 is 0 Å². The Morgan fingerprint density at radius 2 is 2.06 bits per heavy atom. The van der Waals surface area contributed by atoms with Crippen molar-refractivity contribution in [2.24, 2.45) is 0 Å². The molecule has 1 aromatic rings. The molecule has 2 rings (SSSR count). The largest absolute Gasteiger partial charge is 0.478 e. The van der Waals surface area contributed by atoms with Gasteiger partial charge in [0.1, 0.15) is 0 Å². The molecule has 0 radical (unpaired) electrons. The van der Waals surface area contributed by atoms with Gasteiger partial charge >= 0.3 is 5.97 Å². The van der Waals surface area contributed by atoms with Gasteiger partial charge in [0, 0.05) is 10.0 Å². The van der Waals surface area contributed by atoms with Crippen LogP contribution in [0.5, 0.6) is 0 Å². The second-order valence-electron chi connectivity index (χ2n) is 4.86. The van der Waals surface area contributed by atoms with Crippen LogP contribution in [-0.2, 0) is 0 Å². The van der Waals surface area contributed by atoms with E-state index in [0.29, 0.717) is 15.7 Å². The summed E-state index contributed by atoms with van der Waals surface area (Å²) in [7, 11) is 0. The van der Waals surface area contributed by atoms with Gasteiger partial charge in [-0.15, -0.1) is 0 Å². The van der Waals surface area contributed by atoms with E-state index in [1.165, 1.54) is 12.8 Å². The molecule has 92 valence electrons. The fourth-order valence-corrected chi connectivity index (χ4v) is 2.99. The second kappa shape index (κ2) is 4.69. The van der Waals surface area contributed by atoms with Crippen LogP contribution in [0.1, 0.15) is 43.0 Å². The Morgan fingerprint density at radius 3 is 2.65 bits per heavy atom. The molecule has 0 aromatic heterocycles. The van der Waals surface area contributed by atoms with E-state index in [1.54, 1.807) is 6.07 Å². The molecule has 3 nitrogen and oxygen atoms in total. The number of carboxylic acids is 1. The number of halogens is 1. The summed E-state index contributed by atoms with van der Waals surface area (Å²) >= 11 is 3.29. The summed E-state index contributed by atoms with van der Waals surface area (Å²) in [4.78, 5) is 11.3. The van der Waals surface area contributed by atoms with Gasteiger partial charge < -0.3 is 10.4 Å². The van der Waals surface area contributed by atoms with Crippen LogP contribution < -0.4 is 5.32 Å². The first-order valence-electron chi connectivity index (χ1n) is 5.82. The van der Waals surface area contributed by atoms with Gasteiger partial charge in [0.15, 0.2) is 0 Å². The van der Waals surface area contributed by atoms with Gasteiger partial charge in [-0.25, -0.2) is 4.79 Å². The van der Waals surface area contributed by atoms with Crippen LogP contribution in [0.25, 0.3) is 0 Å². The smallest absolute Gasteiger partial charge is 0.338 e. The van der Waals surface area contributed by atoms with Crippen LogP contribution in [-0.4, -0.2) is 16.6 Å². The van der Waals surface area contributed by atoms with Gasteiger partial charge in [0.25, 0.3) is 0 Å². The van der Waals surface area contributed by atoms with Crippen molar-refractivity contribution in [1.82, 2.24) is 0 Å². The second-order valence-corrected chi connectivity index (χ2v) is 5.71. The average Bonchev–Trinajstić information content (AvgIpc) is 2.64. The maximum Gasteiger partial charge on any atom is 0.338 e. The molecule has 17 heavy (non-hydrogen) atoms. The number of aromatic carboxylic acids is 1. The molecule has 0 aliphatic heterocycles. The molecule has 0 bridgehead atoms. The Bertz CT molecular complexity index is 439. The van der Waals surface area contributed by atoms with E-state index in [1.807, 2.05) is 12.1 Å². The molecule has 1 aliphatic rings. The van der Waals surface area contributed by atoms with Crippen molar-refractivity contribution >= 4 is 27.6 Å². The van der Waals surface area contributed by atoms with Crippen molar-refractivity contribution in [3.05, 3.63) is 28.2 Å². The van der Waals surface area contributed by atoms with E-state index < -0.39 is 5.97 Å². The molecule has 4 heteroatoms. The lowest BCUT2D eigenvalue weighted by molar-refractivity contribution is 0.0697. The zero-order chi connectivity index (χ0) is 12.5. The lowest BCUT2D eigenvalue weighted by Crippen LogP contribution is -2.31. The van der Waals surface area contributed by atoms with Gasteiger partial charge in [-0.1, -0.05) is 18.9 Å². The number of nitrogens with one attached hydrogen (secondary N) is 1. The SMILES string of the molecule is CC1(Nc2cccc(Br)c2C(=O)O)CCCC1. The first kappa shape index (κ1) is 12.4. The fraction of sp³-hybridized carbons (Fsp3) is 0.462. The van der Waals surface area contributed by atoms with Gasteiger partial charge in [-0.2, -0.15) is 0 Å². The molecule has 1 fully saturated rings. The zero-order valence-corrected chi connectivity index (χ0v) is 11.4. The monoisotopic (exact) mass is 297 g/mol. The van der Waals surface area contributed by atoms with E-state index in [0.717, 1.165) is 12.8 Å². The standard InChI is InChI=1S/C13H16BrNO2/c1-13(7-2-3-8-13)15-10-6-4-5-9(14)11(10)12(16)17/h4-6,15H,2-3,7-8H2,1H3,(H,16,17). The molecule has 0 heterocycles. The first-order chi connectivity index (χ1) is 8.02. The van der Waals surface area contributed by atoms with E-state index in [-0.39, 0.29) is 5.54 Å². The summed E-state index contributed by atoms with van der Waals surface area (Å²) in [5, 5.41) is 12.6. The summed E-state index contributed by atoms with van der Waals surface area (Å²) in [6.07, 6.45) is 4.61.